The minimum atomic E-state index is -0.155. The lowest BCUT2D eigenvalue weighted by atomic mass is 10.2. The van der Waals surface area contributed by atoms with Gasteiger partial charge < -0.3 is 19.7 Å². The number of amides is 1. The van der Waals surface area contributed by atoms with Gasteiger partial charge in [0.05, 0.1) is 19.6 Å². The molecule has 0 aliphatic carbocycles. The molecule has 0 saturated carbocycles. The highest BCUT2D eigenvalue weighted by Crippen LogP contribution is 2.30. The lowest BCUT2D eigenvalue weighted by Crippen LogP contribution is -2.44. The van der Waals surface area contributed by atoms with Crippen LogP contribution in [0.2, 0.25) is 0 Å². The van der Waals surface area contributed by atoms with Gasteiger partial charge in [-0.3, -0.25) is 9.48 Å². The molecule has 1 N–H and O–H groups in total. The molecule has 1 aromatic carbocycles. The van der Waals surface area contributed by atoms with Crippen LogP contribution in [-0.2, 0) is 11.3 Å². The molecular weight excluding hydrogens is 308 g/mol. The molecule has 0 fully saturated rings. The highest BCUT2D eigenvalue weighted by Gasteiger charge is 2.23. The number of likely N-dealkylation sites (N-methyl/N-ethyl adjacent to an activating group) is 1. The fourth-order valence-electron chi connectivity index (χ4n) is 2.52. The maximum Gasteiger partial charge on any atom is 0.236 e. The summed E-state index contributed by atoms with van der Waals surface area (Å²) in [5.74, 6) is 1.51. The molecule has 0 radical (unpaired) electrons. The van der Waals surface area contributed by atoms with Crippen molar-refractivity contribution in [3.8, 4) is 11.5 Å². The van der Waals surface area contributed by atoms with Crippen LogP contribution in [0.15, 0.2) is 42.7 Å². The van der Waals surface area contributed by atoms with E-state index in [0.717, 1.165) is 18.0 Å². The molecule has 24 heavy (non-hydrogen) atoms. The number of fused-ring (bicyclic) bond motifs is 1. The highest BCUT2D eigenvalue weighted by molar-refractivity contribution is 5.78. The Balaban J connectivity index is 1.38. The molecule has 1 amide bonds. The monoisotopic (exact) mass is 330 g/mol. The molecule has 2 heterocycles. The summed E-state index contributed by atoms with van der Waals surface area (Å²) < 4.78 is 13.4. The third-order valence-electron chi connectivity index (χ3n) is 3.82. The van der Waals surface area contributed by atoms with Crippen molar-refractivity contribution in [2.24, 2.45) is 0 Å². The van der Waals surface area contributed by atoms with Crippen molar-refractivity contribution in [3.63, 3.8) is 0 Å². The Morgan fingerprint density at radius 3 is 3.00 bits per heavy atom. The number of aromatic nitrogens is 2. The first-order chi connectivity index (χ1) is 11.7. The van der Waals surface area contributed by atoms with Gasteiger partial charge in [-0.15, -0.1) is 0 Å². The van der Waals surface area contributed by atoms with Crippen LogP contribution in [0, 0.1) is 0 Å². The van der Waals surface area contributed by atoms with Crippen LogP contribution in [-0.4, -0.2) is 60.0 Å². The predicted octanol–water partition coefficient (Wildman–Crippen LogP) is 0.771. The molecule has 128 valence electrons. The second-order valence-corrected chi connectivity index (χ2v) is 5.72. The van der Waals surface area contributed by atoms with Gasteiger partial charge in [-0.25, -0.2) is 0 Å². The van der Waals surface area contributed by atoms with Crippen molar-refractivity contribution in [1.29, 1.82) is 0 Å². The highest BCUT2D eigenvalue weighted by atomic mass is 16.6. The summed E-state index contributed by atoms with van der Waals surface area (Å²) in [6.07, 6.45) is 3.48. The van der Waals surface area contributed by atoms with Gasteiger partial charge in [0.2, 0.25) is 5.91 Å². The molecular formula is C17H22N4O3. The van der Waals surface area contributed by atoms with E-state index in [0.29, 0.717) is 26.2 Å². The molecule has 0 spiro atoms. The molecule has 7 nitrogen and oxygen atoms in total. The Labute approximate surface area is 141 Å². The Hall–Kier alpha value is -2.54. The van der Waals surface area contributed by atoms with E-state index in [2.05, 4.69) is 10.4 Å². The fraction of sp³-hybridized carbons (Fsp3) is 0.412. The second kappa shape index (κ2) is 7.83. The van der Waals surface area contributed by atoms with Crippen LogP contribution in [0.5, 0.6) is 11.5 Å². The molecule has 1 aliphatic heterocycles. The third kappa shape index (κ3) is 4.26. The first-order valence-corrected chi connectivity index (χ1v) is 8.03. The van der Waals surface area contributed by atoms with Gasteiger partial charge in [0, 0.05) is 26.0 Å². The van der Waals surface area contributed by atoms with E-state index in [1.165, 1.54) is 0 Å². The van der Waals surface area contributed by atoms with Gasteiger partial charge in [0.25, 0.3) is 0 Å². The molecule has 0 unspecified atom stereocenters. The summed E-state index contributed by atoms with van der Waals surface area (Å²) in [6, 6.07) is 9.45. The summed E-state index contributed by atoms with van der Waals surface area (Å²) in [5.41, 5.74) is 0. The summed E-state index contributed by atoms with van der Waals surface area (Å²) in [5, 5.41) is 7.25. The largest absolute Gasteiger partial charge is 0.486 e. The molecule has 1 atom stereocenters. The van der Waals surface area contributed by atoms with Gasteiger partial charge in [0.15, 0.2) is 17.6 Å². The number of hydrogen-bond acceptors (Lipinski definition) is 5. The van der Waals surface area contributed by atoms with Crippen molar-refractivity contribution < 1.29 is 14.3 Å². The van der Waals surface area contributed by atoms with Gasteiger partial charge in [-0.05, 0) is 18.2 Å². The Morgan fingerprint density at radius 1 is 1.38 bits per heavy atom. The van der Waals surface area contributed by atoms with Crippen molar-refractivity contribution in [2.45, 2.75) is 12.6 Å². The number of carbonyl (C=O) groups excluding carboxylic acids is 1. The quantitative estimate of drug-likeness (QED) is 0.760. The normalized spacial score (nSPS) is 16.0. The number of rotatable bonds is 7. The van der Waals surface area contributed by atoms with Crippen LogP contribution >= 0.6 is 0 Å². The third-order valence-corrected chi connectivity index (χ3v) is 3.82. The van der Waals surface area contributed by atoms with Crippen molar-refractivity contribution in [2.75, 3.05) is 33.3 Å². The summed E-state index contributed by atoms with van der Waals surface area (Å²) in [6.45, 7) is 2.66. The van der Waals surface area contributed by atoms with E-state index in [4.69, 9.17) is 9.47 Å². The first kappa shape index (κ1) is 16.3. The van der Waals surface area contributed by atoms with E-state index >= 15 is 0 Å². The average Bonchev–Trinajstić information content (AvgIpc) is 3.12. The first-order valence-electron chi connectivity index (χ1n) is 8.03. The molecule has 0 saturated heterocycles. The van der Waals surface area contributed by atoms with Crippen LogP contribution < -0.4 is 14.8 Å². The zero-order valence-corrected chi connectivity index (χ0v) is 13.7. The number of carbonyl (C=O) groups is 1. The molecule has 1 aromatic heterocycles. The SMILES string of the molecule is CN(C[C@H]1COc2ccccc2O1)C(=O)CNCCn1cccn1. The molecule has 3 rings (SSSR count). The smallest absolute Gasteiger partial charge is 0.236 e. The van der Waals surface area contributed by atoms with Gasteiger partial charge in [-0.2, -0.15) is 5.10 Å². The summed E-state index contributed by atoms with van der Waals surface area (Å²) in [7, 11) is 1.78. The van der Waals surface area contributed by atoms with Crippen LogP contribution in [0.25, 0.3) is 0 Å². The minimum absolute atomic E-state index is 0.0259. The predicted molar refractivity (Wildman–Crippen MR) is 89.1 cm³/mol. The zero-order chi connectivity index (χ0) is 16.8. The average molecular weight is 330 g/mol. The number of benzene rings is 1. The van der Waals surface area contributed by atoms with Crippen molar-refractivity contribution >= 4 is 5.91 Å². The second-order valence-electron chi connectivity index (χ2n) is 5.72. The molecule has 0 bridgehead atoms. The van der Waals surface area contributed by atoms with E-state index in [1.807, 2.05) is 41.2 Å². The van der Waals surface area contributed by atoms with Gasteiger partial charge >= 0.3 is 0 Å². The Morgan fingerprint density at radius 2 is 2.21 bits per heavy atom. The van der Waals surface area contributed by atoms with E-state index in [1.54, 1.807) is 18.1 Å². The van der Waals surface area contributed by atoms with Crippen molar-refractivity contribution in [1.82, 2.24) is 20.0 Å². The lowest BCUT2D eigenvalue weighted by Gasteiger charge is -2.29. The molecule has 7 heteroatoms. The Kier molecular flexibility index (Phi) is 5.32. The summed E-state index contributed by atoms with van der Waals surface area (Å²) in [4.78, 5) is 13.8. The number of para-hydroxylation sites is 2. The van der Waals surface area contributed by atoms with Gasteiger partial charge in [-0.1, -0.05) is 12.1 Å². The zero-order valence-electron chi connectivity index (χ0n) is 13.7. The topological polar surface area (TPSA) is 68.6 Å². The van der Waals surface area contributed by atoms with Crippen LogP contribution in [0.3, 0.4) is 0 Å². The van der Waals surface area contributed by atoms with Crippen LogP contribution in [0.1, 0.15) is 0 Å². The van der Waals surface area contributed by atoms with E-state index < -0.39 is 0 Å². The minimum Gasteiger partial charge on any atom is -0.486 e. The number of nitrogens with one attached hydrogen (secondary N) is 1. The van der Waals surface area contributed by atoms with Crippen LogP contribution in [0.4, 0.5) is 0 Å². The number of hydrogen-bond donors (Lipinski definition) is 1. The van der Waals surface area contributed by atoms with Crippen molar-refractivity contribution in [3.05, 3.63) is 42.7 Å². The summed E-state index contributed by atoms with van der Waals surface area (Å²) >= 11 is 0. The fourth-order valence-corrected chi connectivity index (χ4v) is 2.52. The number of nitrogens with zero attached hydrogens (tertiary/aromatic N) is 3. The van der Waals surface area contributed by atoms with E-state index in [9.17, 15) is 4.79 Å². The maximum atomic E-state index is 12.2. The Bertz CT molecular complexity index is 660. The maximum absolute atomic E-state index is 12.2. The standard InChI is InChI=1S/C17H22N4O3/c1-20(17(22)11-18-8-10-21-9-4-7-19-21)12-14-13-23-15-5-2-3-6-16(15)24-14/h2-7,9,14,18H,8,10-13H2,1H3/t14-/m0/s1. The molecule has 2 aromatic rings. The van der Waals surface area contributed by atoms with E-state index in [-0.39, 0.29) is 12.0 Å². The lowest BCUT2D eigenvalue weighted by molar-refractivity contribution is -0.130. The molecule has 1 aliphatic rings. The number of ether oxygens (including phenoxy) is 2. The van der Waals surface area contributed by atoms with Gasteiger partial charge in [0.1, 0.15) is 6.61 Å².